The van der Waals surface area contributed by atoms with Crippen molar-refractivity contribution in [3.8, 4) is 0 Å². The molecule has 6 heteroatoms. The van der Waals surface area contributed by atoms with E-state index in [1.807, 2.05) is 0 Å². The summed E-state index contributed by atoms with van der Waals surface area (Å²) in [5.41, 5.74) is 0. The van der Waals surface area contributed by atoms with E-state index in [1.54, 1.807) is 6.92 Å². The molecule has 0 bridgehead atoms. The van der Waals surface area contributed by atoms with E-state index in [9.17, 15) is 9.59 Å². The molecular weight excluding hydrogens is 212 g/mol. The van der Waals surface area contributed by atoms with Crippen molar-refractivity contribution in [1.82, 2.24) is 10.2 Å². The van der Waals surface area contributed by atoms with Crippen LogP contribution < -0.4 is 5.32 Å². The van der Waals surface area contributed by atoms with Gasteiger partial charge in [-0.05, 0) is 25.7 Å². The third-order valence-electron chi connectivity index (χ3n) is 2.52. The smallest absolute Gasteiger partial charge is 0.326 e. The van der Waals surface area contributed by atoms with Crippen LogP contribution in [-0.2, 0) is 4.79 Å². The van der Waals surface area contributed by atoms with E-state index in [0.29, 0.717) is 0 Å². The second-order valence-corrected chi connectivity index (χ2v) is 4.33. The van der Waals surface area contributed by atoms with E-state index in [0.717, 1.165) is 12.8 Å². The molecule has 6 nitrogen and oxygen atoms in total. The minimum absolute atomic E-state index is 0.0569. The zero-order chi connectivity index (χ0) is 12.3. The molecule has 0 spiro atoms. The Bertz CT molecular complexity index is 276. The van der Waals surface area contributed by atoms with Crippen LogP contribution in [0.5, 0.6) is 0 Å². The van der Waals surface area contributed by atoms with Gasteiger partial charge in [0.1, 0.15) is 6.04 Å². The van der Waals surface area contributed by atoms with Crippen molar-refractivity contribution in [1.29, 1.82) is 0 Å². The number of carboxylic acids is 1. The van der Waals surface area contributed by atoms with Crippen LogP contribution in [0.3, 0.4) is 0 Å². The fraction of sp³-hybridized carbons (Fsp3) is 0.800. The molecule has 2 amide bonds. The Balaban J connectivity index is 2.44. The first-order valence-corrected chi connectivity index (χ1v) is 5.34. The molecule has 0 radical (unpaired) electrons. The minimum Gasteiger partial charge on any atom is -0.480 e. The number of carbonyl (C=O) groups excluding carboxylic acids is 1. The number of amides is 2. The number of urea groups is 1. The van der Waals surface area contributed by atoms with E-state index in [1.165, 1.54) is 11.9 Å². The molecule has 1 aliphatic rings. The van der Waals surface area contributed by atoms with Gasteiger partial charge in [0.05, 0.1) is 6.10 Å². The van der Waals surface area contributed by atoms with Crippen molar-refractivity contribution in [2.75, 3.05) is 13.6 Å². The predicted molar refractivity (Wildman–Crippen MR) is 57.0 cm³/mol. The van der Waals surface area contributed by atoms with Crippen LogP contribution in [0.2, 0.25) is 0 Å². The second kappa shape index (κ2) is 5.16. The summed E-state index contributed by atoms with van der Waals surface area (Å²) in [5, 5.41) is 20.5. The number of aliphatic hydroxyl groups excluding tert-OH is 1. The Kier molecular flexibility index (Phi) is 4.12. The molecule has 1 fully saturated rings. The molecule has 0 aromatic heterocycles. The standard InChI is InChI=1S/C10H18N2O4/c1-6(13)5-12(2)10(16)11-8(9(14)15)7-3-4-7/h6-8,13H,3-5H2,1-2H3,(H,11,16)(H,14,15). The summed E-state index contributed by atoms with van der Waals surface area (Å²) < 4.78 is 0. The highest BCUT2D eigenvalue weighted by molar-refractivity contribution is 5.83. The number of hydrogen-bond donors (Lipinski definition) is 3. The number of likely N-dealkylation sites (N-methyl/N-ethyl adjacent to an activating group) is 1. The lowest BCUT2D eigenvalue weighted by atomic mass is 10.2. The van der Waals surface area contributed by atoms with Crippen LogP contribution in [0.25, 0.3) is 0 Å². The van der Waals surface area contributed by atoms with Gasteiger partial charge in [0.15, 0.2) is 0 Å². The summed E-state index contributed by atoms with van der Waals surface area (Å²) in [6.07, 6.45) is 1.06. The number of aliphatic carboxylic acids is 1. The number of nitrogens with one attached hydrogen (secondary N) is 1. The van der Waals surface area contributed by atoms with E-state index in [4.69, 9.17) is 10.2 Å². The van der Waals surface area contributed by atoms with Gasteiger partial charge >= 0.3 is 12.0 Å². The Morgan fingerprint density at radius 3 is 2.44 bits per heavy atom. The molecule has 0 aromatic rings. The quantitative estimate of drug-likeness (QED) is 0.613. The van der Waals surface area contributed by atoms with Crippen molar-refractivity contribution in [3.63, 3.8) is 0 Å². The molecule has 0 saturated heterocycles. The van der Waals surface area contributed by atoms with Crippen LogP contribution in [0.4, 0.5) is 4.79 Å². The zero-order valence-electron chi connectivity index (χ0n) is 9.51. The van der Waals surface area contributed by atoms with Crippen LogP contribution in [0.1, 0.15) is 19.8 Å². The summed E-state index contributed by atoms with van der Waals surface area (Å²) in [7, 11) is 1.52. The lowest BCUT2D eigenvalue weighted by Gasteiger charge is -2.22. The zero-order valence-corrected chi connectivity index (χ0v) is 9.51. The van der Waals surface area contributed by atoms with Crippen molar-refractivity contribution in [3.05, 3.63) is 0 Å². The number of rotatable bonds is 5. The highest BCUT2D eigenvalue weighted by atomic mass is 16.4. The maximum absolute atomic E-state index is 11.6. The number of nitrogens with zero attached hydrogens (tertiary/aromatic N) is 1. The minimum atomic E-state index is -0.999. The van der Waals surface area contributed by atoms with Gasteiger partial charge in [0.2, 0.25) is 0 Å². The first-order chi connectivity index (χ1) is 7.41. The molecule has 2 atom stereocenters. The summed E-state index contributed by atoms with van der Waals surface area (Å²) in [5.74, 6) is -0.942. The summed E-state index contributed by atoms with van der Waals surface area (Å²) in [6, 6.07) is -1.26. The largest absolute Gasteiger partial charge is 0.480 e. The van der Waals surface area contributed by atoms with Crippen LogP contribution in [0.15, 0.2) is 0 Å². The lowest BCUT2D eigenvalue weighted by Crippen LogP contribution is -2.49. The van der Waals surface area contributed by atoms with Gasteiger partial charge in [-0.3, -0.25) is 0 Å². The Labute approximate surface area is 94.2 Å². The third kappa shape index (κ3) is 3.69. The van der Waals surface area contributed by atoms with E-state index < -0.39 is 24.1 Å². The topological polar surface area (TPSA) is 89.9 Å². The number of carboxylic acid groups (broad SMARTS) is 1. The molecular formula is C10H18N2O4. The van der Waals surface area contributed by atoms with Crippen molar-refractivity contribution in [2.24, 2.45) is 5.92 Å². The lowest BCUT2D eigenvalue weighted by molar-refractivity contribution is -0.139. The first-order valence-electron chi connectivity index (χ1n) is 5.34. The van der Waals surface area contributed by atoms with Crippen LogP contribution in [-0.4, -0.2) is 52.9 Å². The van der Waals surface area contributed by atoms with Gasteiger partial charge in [0.25, 0.3) is 0 Å². The maximum atomic E-state index is 11.6. The van der Waals surface area contributed by atoms with E-state index >= 15 is 0 Å². The van der Waals surface area contributed by atoms with Crippen LogP contribution >= 0.6 is 0 Å². The molecule has 0 aliphatic heterocycles. The normalized spacial score (nSPS) is 18.7. The highest BCUT2D eigenvalue weighted by Crippen LogP contribution is 2.32. The van der Waals surface area contributed by atoms with Crippen molar-refractivity contribution >= 4 is 12.0 Å². The Hall–Kier alpha value is -1.30. The SMILES string of the molecule is CC(O)CN(C)C(=O)NC(C(=O)O)C1CC1. The highest BCUT2D eigenvalue weighted by Gasteiger charge is 2.37. The molecule has 1 rings (SSSR count). The fourth-order valence-corrected chi connectivity index (χ4v) is 1.53. The first kappa shape index (κ1) is 12.8. The maximum Gasteiger partial charge on any atom is 0.326 e. The van der Waals surface area contributed by atoms with Gasteiger partial charge in [-0.1, -0.05) is 0 Å². The summed E-state index contributed by atoms with van der Waals surface area (Å²) in [6.45, 7) is 1.75. The van der Waals surface area contributed by atoms with Gasteiger partial charge in [-0.15, -0.1) is 0 Å². The number of hydrogen-bond acceptors (Lipinski definition) is 3. The predicted octanol–water partition coefficient (Wildman–Crippen LogP) is -0.128. The molecule has 92 valence electrons. The average Bonchev–Trinajstić information content (AvgIpc) is 2.95. The molecule has 1 saturated carbocycles. The van der Waals surface area contributed by atoms with Gasteiger partial charge in [-0.25, -0.2) is 9.59 Å². The van der Waals surface area contributed by atoms with E-state index in [-0.39, 0.29) is 12.5 Å². The molecule has 3 N–H and O–H groups in total. The van der Waals surface area contributed by atoms with Crippen molar-refractivity contribution in [2.45, 2.75) is 31.9 Å². The Morgan fingerprint density at radius 1 is 1.50 bits per heavy atom. The fourth-order valence-electron chi connectivity index (χ4n) is 1.53. The van der Waals surface area contributed by atoms with E-state index in [2.05, 4.69) is 5.32 Å². The summed E-state index contributed by atoms with van der Waals surface area (Å²) in [4.78, 5) is 23.7. The number of aliphatic hydroxyl groups is 1. The second-order valence-electron chi connectivity index (χ2n) is 4.33. The van der Waals surface area contributed by atoms with Gasteiger partial charge in [0, 0.05) is 13.6 Å². The molecule has 2 unspecified atom stereocenters. The Morgan fingerprint density at radius 2 is 2.06 bits per heavy atom. The van der Waals surface area contributed by atoms with Crippen molar-refractivity contribution < 1.29 is 19.8 Å². The molecule has 0 heterocycles. The molecule has 1 aliphatic carbocycles. The average molecular weight is 230 g/mol. The monoisotopic (exact) mass is 230 g/mol. The third-order valence-corrected chi connectivity index (χ3v) is 2.52. The molecule has 16 heavy (non-hydrogen) atoms. The summed E-state index contributed by atoms with van der Waals surface area (Å²) >= 11 is 0. The van der Waals surface area contributed by atoms with Crippen LogP contribution in [0, 0.1) is 5.92 Å². The molecule has 0 aromatic carbocycles. The number of carbonyl (C=O) groups is 2. The van der Waals surface area contributed by atoms with Gasteiger partial charge < -0.3 is 20.4 Å². The van der Waals surface area contributed by atoms with Gasteiger partial charge in [-0.2, -0.15) is 0 Å².